The summed E-state index contributed by atoms with van der Waals surface area (Å²) in [7, 11) is 0. The summed E-state index contributed by atoms with van der Waals surface area (Å²) in [5.74, 6) is 0. The highest BCUT2D eigenvalue weighted by Crippen LogP contribution is 2.38. The first-order valence-electron chi connectivity index (χ1n) is 3.67. The van der Waals surface area contributed by atoms with Gasteiger partial charge in [0.1, 0.15) is 0 Å². The lowest BCUT2D eigenvalue weighted by Gasteiger charge is -1.99. The van der Waals surface area contributed by atoms with Crippen molar-refractivity contribution in [1.29, 1.82) is 0 Å². The summed E-state index contributed by atoms with van der Waals surface area (Å²) < 4.78 is 2.25. The van der Waals surface area contributed by atoms with Gasteiger partial charge in [0.05, 0.1) is 8.91 Å². The second-order valence-electron chi connectivity index (χ2n) is 2.58. The molecule has 0 unspecified atom stereocenters. The fourth-order valence-electron chi connectivity index (χ4n) is 1.21. The first-order chi connectivity index (χ1) is 6.22. The Labute approximate surface area is 95.7 Å². The van der Waals surface area contributed by atoms with Gasteiger partial charge >= 0.3 is 0 Å². The van der Waals surface area contributed by atoms with Crippen molar-refractivity contribution in [2.24, 2.45) is 0 Å². The molecule has 0 fully saturated rings. The molecule has 0 spiro atoms. The van der Waals surface area contributed by atoms with E-state index in [0.717, 1.165) is 14.6 Å². The molecule has 4 heteroatoms. The molecule has 1 aromatic carbocycles. The van der Waals surface area contributed by atoms with Crippen molar-refractivity contribution in [3.63, 3.8) is 0 Å². The van der Waals surface area contributed by atoms with Gasteiger partial charge in [0.2, 0.25) is 0 Å². The Balaban J connectivity index is 2.83. The molecule has 0 amide bonds. The second-order valence-corrected chi connectivity index (χ2v) is 5.67. The number of rotatable bonds is 1. The fraction of sp³-hybridized carbons (Fsp3) is 0.111. The Hall–Kier alpha value is 0.170. The van der Waals surface area contributed by atoms with Gasteiger partial charge in [0.15, 0.2) is 0 Å². The number of thiophene rings is 1. The number of benzene rings is 1. The lowest BCUT2D eigenvalue weighted by atomic mass is 10.3. The van der Waals surface area contributed by atoms with Crippen molar-refractivity contribution in [2.75, 3.05) is 6.26 Å². The standard InChI is InChI=1S/C9H7ClS3/c1-12-7-3-2-6(10)5-4-8(11)13-9(5)7/h2-4,11H,1H3. The summed E-state index contributed by atoms with van der Waals surface area (Å²) in [5, 5.41) is 1.92. The van der Waals surface area contributed by atoms with Crippen LogP contribution in [0, 0.1) is 0 Å². The van der Waals surface area contributed by atoms with Crippen LogP contribution in [-0.4, -0.2) is 6.26 Å². The number of thioether (sulfide) groups is 1. The Morgan fingerprint density at radius 2 is 2.23 bits per heavy atom. The van der Waals surface area contributed by atoms with Crippen LogP contribution >= 0.6 is 47.3 Å². The highest BCUT2D eigenvalue weighted by molar-refractivity contribution is 7.99. The lowest BCUT2D eigenvalue weighted by Crippen LogP contribution is -1.71. The number of fused-ring (bicyclic) bond motifs is 1. The molecule has 0 bridgehead atoms. The van der Waals surface area contributed by atoms with E-state index in [4.69, 9.17) is 11.6 Å². The van der Waals surface area contributed by atoms with Crippen LogP contribution in [-0.2, 0) is 0 Å². The van der Waals surface area contributed by atoms with Crippen molar-refractivity contribution in [2.45, 2.75) is 9.10 Å². The molecule has 0 nitrogen and oxygen atoms in total. The number of hydrogen-bond acceptors (Lipinski definition) is 3. The molecular weight excluding hydrogens is 240 g/mol. The minimum Gasteiger partial charge on any atom is -0.133 e. The Bertz CT molecular complexity index is 447. The smallest absolute Gasteiger partial charge is 0.0581 e. The van der Waals surface area contributed by atoms with Crippen LogP contribution in [0.1, 0.15) is 0 Å². The van der Waals surface area contributed by atoms with Crippen molar-refractivity contribution in [3.8, 4) is 0 Å². The second kappa shape index (κ2) is 3.73. The average molecular weight is 247 g/mol. The van der Waals surface area contributed by atoms with E-state index >= 15 is 0 Å². The first kappa shape index (κ1) is 9.71. The third kappa shape index (κ3) is 1.71. The maximum atomic E-state index is 6.06. The van der Waals surface area contributed by atoms with Crippen molar-refractivity contribution in [3.05, 3.63) is 23.2 Å². The van der Waals surface area contributed by atoms with Crippen LogP contribution in [0.25, 0.3) is 10.1 Å². The van der Waals surface area contributed by atoms with E-state index in [1.165, 1.54) is 9.60 Å². The monoisotopic (exact) mass is 246 g/mol. The minimum absolute atomic E-state index is 0.810. The van der Waals surface area contributed by atoms with Gasteiger partial charge < -0.3 is 0 Å². The fourth-order valence-corrected chi connectivity index (χ4v) is 3.59. The predicted octanol–water partition coefficient (Wildman–Crippen LogP) is 4.57. The highest BCUT2D eigenvalue weighted by atomic mass is 35.5. The van der Waals surface area contributed by atoms with Crippen LogP contribution in [0.15, 0.2) is 27.3 Å². The Morgan fingerprint density at radius 1 is 1.46 bits per heavy atom. The van der Waals surface area contributed by atoms with E-state index < -0.39 is 0 Å². The van der Waals surface area contributed by atoms with E-state index in [9.17, 15) is 0 Å². The molecule has 0 N–H and O–H groups in total. The maximum Gasteiger partial charge on any atom is 0.0581 e. The van der Waals surface area contributed by atoms with Crippen LogP contribution in [0.4, 0.5) is 0 Å². The third-order valence-electron chi connectivity index (χ3n) is 1.80. The number of halogens is 1. The molecular formula is C9H7ClS3. The molecule has 1 aromatic heterocycles. The van der Waals surface area contributed by atoms with Gasteiger partial charge in [-0.2, -0.15) is 0 Å². The molecule has 2 aromatic rings. The van der Waals surface area contributed by atoms with Crippen LogP contribution < -0.4 is 0 Å². The number of thiol groups is 1. The van der Waals surface area contributed by atoms with Gasteiger partial charge in [-0.05, 0) is 24.5 Å². The molecule has 1 heterocycles. The van der Waals surface area contributed by atoms with Gasteiger partial charge in [0, 0.05) is 15.3 Å². The number of hydrogen-bond donors (Lipinski definition) is 1. The zero-order valence-corrected chi connectivity index (χ0v) is 10.2. The van der Waals surface area contributed by atoms with E-state index in [0.29, 0.717) is 0 Å². The topological polar surface area (TPSA) is 0 Å². The quantitative estimate of drug-likeness (QED) is 0.568. The van der Waals surface area contributed by atoms with Gasteiger partial charge in [-0.15, -0.1) is 35.7 Å². The van der Waals surface area contributed by atoms with Crippen molar-refractivity contribution < 1.29 is 0 Å². The largest absolute Gasteiger partial charge is 0.133 e. The molecule has 0 atom stereocenters. The summed E-state index contributed by atoms with van der Waals surface area (Å²) in [5.41, 5.74) is 0. The van der Waals surface area contributed by atoms with Gasteiger partial charge in [-0.3, -0.25) is 0 Å². The summed E-state index contributed by atoms with van der Waals surface area (Å²) in [4.78, 5) is 1.27. The molecule has 2 rings (SSSR count). The maximum absolute atomic E-state index is 6.06. The molecule has 13 heavy (non-hydrogen) atoms. The van der Waals surface area contributed by atoms with Crippen molar-refractivity contribution >= 4 is 57.4 Å². The average Bonchev–Trinajstić information content (AvgIpc) is 2.48. The summed E-state index contributed by atoms with van der Waals surface area (Å²) >= 11 is 13.8. The molecule has 0 radical (unpaired) electrons. The molecule has 0 saturated carbocycles. The van der Waals surface area contributed by atoms with E-state index in [-0.39, 0.29) is 0 Å². The molecule has 0 aliphatic rings. The molecule has 0 aliphatic carbocycles. The predicted molar refractivity (Wildman–Crippen MR) is 65.9 cm³/mol. The summed E-state index contributed by atoms with van der Waals surface area (Å²) in [6, 6.07) is 6.01. The first-order valence-corrected chi connectivity index (χ1v) is 6.54. The van der Waals surface area contributed by atoms with Gasteiger partial charge in [-0.1, -0.05) is 11.6 Å². The zero-order valence-electron chi connectivity index (χ0n) is 6.87. The lowest BCUT2D eigenvalue weighted by molar-refractivity contribution is 1.59. The van der Waals surface area contributed by atoms with Crippen LogP contribution in [0.3, 0.4) is 0 Å². The Kier molecular flexibility index (Phi) is 2.79. The SMILES string of the molecule is CSc1ccc(Cl)c2cc(S)sc12. The zero-order chi connectivity index (χ0) is 9.42. The van der Waals surface area contributed by atoms with Crippen molar-refractivity contribution in [1.82, 2.24) is 0 Å². The summed E-state index contributed by atoms with van der Waals surface area (Å²) in [6.07, 6.45) is 2.07. The van der Waals surface area contributed by atoms with Gasteiger partial charge in [0.25, 0.3) is 0 Å². The van der Waals surface area contributed by atoms with Gasteiger partial charge in [-0.25, -0.2) is 0 Å². The molecule has 68 valence electrons. The normalized spacial score (nSPS) is 11.0. The van der Waals surface area contributed by atoms with E-state index in [1.54, 1.807) is 23.1 Å². The third-order valence-corrected chi connectivity index (χ3v) is 4.41. The minimum atomic E-state index is 0.810. The van der Waals surface area contributed by atoms with Crippen LogP contribution in [0.2, 0.25) is 5.02 Å². The van der Waals surface area contributed by atoms with E-state index in [2.05, 4.69) is 25.0 Å². The van der Waals surface area contributed by atoms with E-state index in [1.807, 2.05) is 12.1 Å². The molecule has 0 saturated heterocycles. The van der Waals surface area contributed by atoms with Crippen LogP contribution in [0.5, 0.6) is 0 Å². The summed E-state index contributed by atoms with van der Waals surface area (Å²) in [6.45, 7) is 0. The molecule has 0 aliphatic heterocycles. The highest BCUT2D eigenvalue weighted by Gasteiger charge is 2.07. The Morgan fingerprint density at radius 3 is 2.92 bits per heavy atom.